The quantitative estimate of drug-likeness (QED) is 0.869. The Bertz CT molecular complexity index is 611. The third-order valence-corrected chi connectivity index (χ3v) is 6.67. The average Bonchev–Trinajstić information content (AvgIpc) is 2.53. The van der Waals surface area contributed by atoms with Crippen LogP contribution in [0.4, 0.5) is 0 Å². The van der Waals surface area contributed by atoms with Crippen molar-refractivity contribution in [3.05, 3.63) is 42.0 Å². The molecule has 1 aromatic carbocycles. The third kappa shape index (κ3) is 4.90. The molecule has 0 spiro atoms. The van der Waals surface area contributed by atoms with E-state index < -0.39 is 10.0 Å². The molecule has 1 N–H and O–H groups in total. The van der Waals surface area contributed by atoms with E-state index in [1.54, 1.807) is 18.2 Å². The minimum Gasteiger partial charge on any atom is -0.310 e. The monoisotopic (exact) mass is 336 g/mol. The lowest BCUT2D eigenvalue weighted by molar-refractivity contribution is 0.223. The molecule has 0 radical (unpaired) electrons. The van der Waals surface area contributed by atoms with E-state index >= 15 is 0 Å². The van der Waals surface area contributed by atoms with Gasteiger partial charge in [0.25, 0.3) is 0 Å². The van der Waals surface area contributed by atoms with Gasteiger partial charge in [-0.2, -0.15) is 0 Å². The van der Waals surface area contributed by atoms with E-state index in [2.05, 4.69) is 36.5 Å². The van der Waals surface area contributed by atoms with Crippen molar-refractivity contribution >= 4 is 16.1 Å². The second-order valence-corrected chi connectivity index (χ2v) is 9.03. The molecule has 5 heteroatoms. The first-order chi connectivity index (χ1) is 10.9. The molecule has 2 rings (SSSR count). The van der Waals surface area contributed by atoms with Gasteiger partial charge in [0, 0.05) is 25.7 Å². The fraction of sp³-hybridized carbons (Fsp3) is 0.556. The van der Waals surface area contributed by atoms with Crippen molar-refractivity contribution in [1.29, 1.82) is 0 Å². The van der Waals surface area contributed by atoms with Gasteiger partial charge in [0.1, 0.15) is 0 Å². The Labute approximate surface area is 140 Å². The summed E-state index contributed by atoms with van der Waals surface area (Å²) in [4.78, 5) is 0. The predicted molar refractivity (Wildman–Crippen MR) is 96.7 cm³/mol. The van der Waals surface area contributed by atoms with Crippen LogP contribution in [-0.4, -0.2) is 43.6 Å². The molecule has 0 bridgehead atoms. The van der Waals surface area contributed by atoms with Gasteiger partial charge in [-0.1, -0.05) is 49.4 Å². The summed E-state index contributed by atoms with van der Waals surface area (Å²) in [5.41, 5.74) is 1.19. The summed E-state index contributed by atoms with van der Waals surface area (Å²) in [5.74, 6) is 0.322. The molecule has 1 saturated heterocycles. The molecule has 2 unspecified atom stereocenters. The van der Waals surface area contributed by atoms with E-state index in [0.717, 1.165) is 13.0 Å². The van der Waals surface area contributed by atoms with E-state index in [4.69, 9.17) is 0 Å². The molecule has 1 aromatic rings. The number of nitrogens with one attached hydrogen (secondary N) is 1. The van der Waals surface area contributed by atoms with Gasteiger partial charge in [0.05, 0.1) is 5.25 Å². The Kier molecular flexibility index (Phi) is 6.39. The van der Waals surface area contributed by atoms with Crippen LogP contribution in [0.1, 0.15) is 32.8 Å². The van der Waals surface area contributed by atoms with Crippen LogP contribution < -0.4 is 5.32 Å². The van der Waals surface area contributed by atoms with E-state index in [-0.39, 0.29) is 5.25 Å². The number of rotatable bonds is 6. The lowest BCUT2D eigenvalue weighted by Gasteiger charge is -2.37. The maximum absolute atomic E-state index is 12.2. The molecular weight excluding hydrogens is 308 g/mol. The first-order valence-electron chi connectivity index (χ1n) is 8.35. The molecule has 0 saturated carbocycles. The molecule has 4 nitrogen and oxygen atoms in total. The van der Waals surface area contributed by atoms with Gasteiger partial charge >= 0.3 is 0 Å². The number of hydrogen-bond donors (Lipinski definition) is 1. The van der Waals surface area contributed by atoms with Crippen LogP contribution in [0.5, 0.6) is 0 Å². The second kappa shape index (κ2) is 8.08. The first-order valence-corrected chi connectivity index (χ1v) is 9.85. The Balaban J connectivity index is 1.82. The summed E-state index contributed by atoms with van der Waals surface area (Å²) in [6, 6.07) is 10.6. The first kappa shape index (κ1) is 18.2. The average molecular weight is 337 g/mol. The molecule has 0 amide bonds. The fourth-order valence-corrected chi connectivity index (χ4v) is 4.32. The normalized spacial score (nSPS) is 23.7. The number of sulfonamides is 1. The molecule has 2 atom stereocenters. The van der Waals surface area contributed by atoms with Gasteiger partial charge in [-0.05, 0) is 31.7 Å². The Morgan fingerprint density at radius 2 is 2.00 bits per heavy atom. The minimum absolute atomic E-state index is 0.322. The topological polar surface area (TPSA) is 49.4 Å². The van der Waals surface area contributed by atoms with Gasteiger partial charge in [-0.15, -0.1) is 0 Å². The molecule has 128 valence electrons. The van der Waals surface area contributed by atoms with Crippen LogP contribution in [0, 0.1) is 5.92 Å². The maximum Gasteiger partial charge on any atom is 0.216 e. The molecular formula is C18H28N2O2S. The van der Waals surface area contributed by atoms with E-state index in [0.29, 0.717) is 25.0 Å². The van der Waals surface area contributed by atoms with Crippen LogP contribution >= 0.6 is 0 Å². The van der Waals surface area contributed by atoms with Crippen molar-refractivity contribution in [3.63, 3.8) is 0 Å². The molecule has 0 aromatic heterocycles. The maximum atomic E-state index is 12.2. The zero-order chi connectivity index (χ0) is 16.9. The van der Waals surface area contributed by atoms with Crippen LogP contribution in [-0.2, 0) is 10.0 Å². The van der Waals surface area contributed by atoms with E-state index in [1.165, 1.54) is 5.56 Å². The zero-order valence-corrected chi connectivity index (χ0v) is 15.1. The van der Waals surface area contributed by atoms with E-state index in [9.17, 15) is 8.42 Å². The number of benzene rings is 1. The zero-order valence-electron chi connectivity index (χ0n) is 14.3. The van der Waals surface area contributed by atoms with Crippen LogP contribution in [0.15, 0.2) is 36.4 Å². The fourth-order valence-electron chi connectivity index (χ4n) is 2.92. The SMILES string of the molecule is CC1CN(S(=O)(=O)C(C)C)CCC1NC/C=C/c1ccccc1. The highest BCUT2D eigenvalue weighted by molar-refractivity contribution is 7.89. The third-order valence-electron chi connectivity index (χ3n) is 4.43. The molecule has 23 heavy (non-hydrogen) atoms. The Hall–Kier alpha value is -1.17. The summed E-state index contributed by atoms with van der Waals surface area (Å²) in [7, 11) is -3.13. The highest BCUT2D eigenvalue weighted by Gasteiger charge is 2.33. The largest absolute Gasteiger partial charge is 0.310 e. The van der Waals surface area contributed by atoms with Crippen molar-refractivity contribution in [2.45, 2.75) is 38.5 Å². The Morgan fingerprint density at radius 3 is 2.61 bits per heavy atom. The van der Waals surface area contributed by atoms with Crippen molar-refractivity contribution < 1.29 is 8.42 Å². The van der Waals surface area contributed by atoms with E-state index in [1.807, 2.05) is 18.2 Å². The Morgan fingerprint density at radius 1 is 1.30 bits per heavy atom. The summed E-state index contributed by atoms with van der Waals surface area (Å²) in [6.45, 7) is 7.66. The van der Waals surface area contributed by atoms with Crippen molar-refractivity contribution in [2.75, 3.05) is 19.6 Å². The van der Waals surface area contributed by atoms with Gasteiger partial charge in [-0.25, -0.2) is 12.7 Å². The number of nitrogens with zero attached hydrogens (tertiary/aromatic N) is 1. The van der Waals surface area contributed by atoms with Gasteiger partial charge in [0.2, 0.25) is 10.0 Å². The molecule has 1 aliphatic rings. The van der Waals surface area contributed by atoms with Gasteiger partial charge < -0.3 is 5.32 Å². The van der Waals surface area contributed by atoms with Crippen LogP contribution in [0.2, 0.25) is 0 Å². The van der Waals surface area contributed by atoms with Crippen LogP contribution in [0.25, 0.3) is 6.08 Å². The highest BCUT2D eigenvalue weighted by atomic mass is 32.2. The molecule has 1 heterocycles. The summed E-state index contributed by atoms with van der Waals surface area (Å²) in [6.07, 6.45) is 5.10. The standard InChI is InChI=1S/C18H28N2O2S/c1-15(2)23(21,22)20-13-11-18(16(3)14-20)19-12-7-10-17-8-5-4-6-9-17/h4-10,15-16,18-19H,11-14H2,1-3H3/b10-7+. The summed E-state index contributed by atoms with van der Waals surface area (Å²) in [5, 5.41) is 3.19. The number of piperidine rings is 1. The lowest BCUT2D eigenvalue weighted by Crippen LogP contribution is -2.51. The molecule has 1 fully saturated rings. The lowest BCUT2D eigenvalue weighted by atomic mass is 9.95. The second-order valence-electron chi connectivity index (χ2n) is 6.55. The molecule has 0 aliphatic carbocycles. The van der Waals surface area contributed by atoms with Gasteiger partial charge in [0.15, 0.2) is 0 Å². The van der Waals surface area contributed by atoms with Crippen molar-refractivity contribution in [2.24, 2.45) is 5.92 Å². The predicted octanol–water partition coefficient (Wildman–Crippen LogP) is 2.74. The molecule has 1 aliphatic heterocycles. The highest BCUT2D eigenvalue weighted by Crippen LogP contribution is 2.21. The van der Waals surface area contributed by atoms with Crippen molar-refractivity contribution in [3.8, 4) is 0 Å². The number of hydrogen-bond acceptors (Lipinski definition) is 3. The van der Waals surface area contributed by atoms with Gasteiger partial charge in [-0.3, -0.25) is 0 Å². The van der Waals surface area contributed by atoms with Crippen LogP contribution in [0.3, 0.4) is 0 Å². The minimum atomic E-state index is -3.13. The summed E-state index contributed by atoms with van der Waals surface area (Å²) < 4.78 is 26.2. The smallest absolute Gasteiger partial charge is 0.216 e. The summed E-state index contributed by atoms with van der Waals surface area (Å²) >= 11 is 0. The van der Waals surface area contributed by atoms with Crippen molar-refractivity contribution in [1.82, 2.24) is 9.62 Å².